The van der Waals surface area contributed by atoms with Gasteiger partial charge in [0.2, 0.25) is 0 Å². The third kappa shape index (κ3) is 2.79. The van der Waals surface area contributed by atoms with Gasteiger partial charge in [0, 0.05) is 16.8 Å². The monoisotopic (exact) mass is 349 g/mol. The van der Waals surface area contributed by atoms with Crippen molar-refractivity contribution in [1.29, 1.82) is 0 Å². The van der Waals surface area contributed by atoms with Crippen molar-refractivity contribution < 1.29 is 4.79 Å². The van der Waals surface area contributed by atoms with Crippen LogP contribution in [-0.4, -0.2) is 12.8 Å². The molecule has 2 aromatic carbocycles. The van der Waals surface area contributed by atoms with Crippen molar-refractivity contribution in [3.63, 3.8) is 0 Å². The van der Waals surface area contributed by atoms with Crippen LogP contribution in [0.1, 0.15) is 15.2 Å². The molecule has 3 aromatic rings. The first-order valence-electron chi connectivity index (χ1n) is 7.63. The van der Waals surface area contributed by atoms with E-state index >= 15 is 0 Å². The summed E-state index contributed by atoms with van der Waals surface area (Å²) in [4.78, 5) is 17.5. The highest BCUT2D eigenvalue weighted by molar-refractivity contribution is 7.99. The zero-order chi connectivity index (χ0) is 16.5. The number of carbonyl (C=O) groups excluding carboxylic acids is 1. The summed E-state index contributed by atoms with van der Waals surface area (Å²) < 4.78 is 0. The summed E-state index contributed by atoms with van der Waals surface area (Å²) >= 11 is 3.24. The Morgan fingerprint density at radius 3 is 2.67 bits per heavy atom. The summed E-state index contributed by atoms with van der Waals surface area (Å²) in [7, 11) is 2.09. The van der Waals surface area contributed by atoms with E-state index in [9.17, 15) is 4.79 Å². The predicted molar refractivity (Wildman–Crippen MR) is 103 cm³/mol. The average molecular weight is 349 g/mol. The van der Waals surface area contributed by atoms with Crippen LogP contribution in [0.3, 0.4) is 0 Å². The Hall–Kier alpha value is -2.30. The van der Waals surface area contributed by atoms with Crippen LogP contribution in [0.5, 0.6) is 0 Å². The molecule has 2 nitrogen and oxygen atoms in total. The summed E-state index contributed by atoms with van der Waals surface area (Å²) in [5.74, 6) is 0.0536. The standard InChI is InChI=1S/C20H15NOS2/c1-21-15-5-2-3-6-18(15)24-20-13-14(8-10-16(20)21)9-11-17(22)19-7-4-12-23-19/h2-13H,1H3/b11-9-. The van der Waals surface area contributed by atoms with Crippen molar-refractivity contribution in [3.8, 4) is 0 Å². The van der Waals surface area contributed by atoms with Gasteiger partial charge in [0.15, 0.2) is 5.78 Å². The number of nitrogens with zero attached hydrogens (tertiary/aromatic N) is 1. The van der Waals surface area contributed by atoms with Crippen molar-refractivity contribution in [2.75, 3.05) is 11.9 Å². The highest BCUT2D eigenvalue weighted by Gasteiger charge is 2.20. The molecule has 0 N–H and O–H groups in total. The second kappa shape index (κ2) is 6.30. The highest BCUT2D eigenvalue weighted by Crippen LogP contribution is 2.47. The third-order valence-electron chi connectivity index (χ3n) is 3.98. The van der Waals surface area contributed by atoms with E-state index in [1.54, 1.807) is 17.8 Å². The van der Waals surface area contributed by atoms with E-state index in [1.807, 2.05) is 23.6 Å². The van der Waals surface area contributed by atoms with Gasteiger partial charge >= 0.3 is 0 Å². The zero-order valence-corrected chi connectivity index (χ0v) is 14.7. The molecule has 0 radical (unpaired) electrons. The van der Waals surface area contributed by atoms with Crippen LogP contribution in [-0.2, 0) is 0 Å². The topological polar surface area (TPSA) is 20.3 Å². The van der Waals surface area contributed by atoms with Gasteiger partial charge in [0.05, 0.1) is 16.3 Å². The Morgan fingerprint density at radius 2 is 1.83 bits per heavy atom. The van der Waals surface area contributed by atoms with E-state index in [4.69, 9.17) is 0 Å². The Morgan fingerprint density at radius 1 is 1.00 bits per heavy atom. The molecular weight excluding hydrogens is 334 g/mol. The molecule has 0 bridgehead atoms. The van der Waals surface area contributed by atoms with Gasteiger partial charge in [0.25, 0.3) is 0 Å². The van der Waals surface area contributed by atoms with Crippen LogP contribution in [0.2, 0.25) is 0 Å². The van der Waals surface area contributed by atoms with Crippen molar-refractivity contribution in [2.24, 2.45) is 0 Å². The number of benzene rings is 2. The molecule has 4 rings (SSSR count). The highest BCUT2D eigenvalue weighted by atomic mass is 32.2. The lowest BCUT2D eigenvalue weighted by atomic mass is 10.1. The SMILES string of the molecule is CN1c2ccccc2Sc2cc(/C=C\C(=O)c3cccs3)ccc21. The molecule has 0 amide bonds. The summed E-state index contributed by atoms with van der Waals surface area (Å²) in [6.45, 7) is 0. The van der Waals surface area contributed by atoms with Gasteiger partial charge < -0.3 is 4.90 Å². The average Bonchev–Trinajstić information content (AvgIpc) is 3.14. The summed E-state index contributed by atoms with van der Waals surface area (Å²) in [6.07, 6.45) is 3.54. The van der Waals surface area contributed by atoms with Gasteiger partial charge in [-0.1, -0.05) is 42.1 Å². The van der Waals surface area contributed by atoms with Crippen molar-refractivity contribution in [3.05, 3.63) is 76.5 Å². The predicted octanol–water partition coefficient (Wildman–Crippen LogP) is 5.88. The first-order valence-corrected chi connectivity index (χ1v) is 9.32. The number of hydrogen-bond donors (Lipinski definition) is 0. The fourth-order valence-corrected chi connectivity index (χ4v) is 4.58. The molecule has 0 unspecified atom stereocenters. The molecule has 0 atom stereocenters. The van der Waals surface area contributed by atoms with Crippen LogP contribution >= 0.6 is 23.1 Å². The normalized spacial score (nSPS) is 13.0. The number of thiophene rings is 1. The minimum absolute atomic E-state index is 0.0536. The van der Waals surface area contributed by atoms with Crippen LogP contribution in [0.15, 0.2) is 75.8 Å². The number of anilines is 2. The molecule has 0 aliphatic carbocycles. The van der Waals surface area contributed by atoms with E-state index in [1.165, 1.54) is 32.5 Å². The van der Waals surface area contributed by atoms with Gasteiger partial charge in [0.1, 0.15) is 0 Å². The molecule has 0 fully saturated rings. The Balaban J connectivity index is 1.62. The smallest absolute Gasteiger partial charge is 0.195 e. The molecule has 24 heavy (non-hydrogen) atoms. The lowest BCUT2D eigenvalue weighted by Crippen LogP contribution is -2.14. The van der Waals surface area contributed by atoms with Crippen LogP contribution < -0.4 is 4.90 Å². The Labute approximate surface area is 149 Å². The summed E-state index contributed by atoms with van der Waals surface area (Å²) in [6, 6.07) is 18.5. The first-order chi connectivity index (χ1) is 11.7. The minimum Gasteiger partial charge on any atom is -0.343 e. The number of allylic oxidation sites excluding steroid dienone is 1. The Bertz CT molecular complexity index is 929. The lowest BCUT2D eigenvalue weighted by Gasteiger charge is -2.29. The molecular formula is C20H15NOS2. The number of fused-ring (bicyclic) bond motifs is 2. The number of ketones is 1. The van der Waals surface area contributed by atoms with E-state index in [2.05, 4.69) is 54.4 Å². The fraction of sp³-hybridized carbons (Fsp3) is 0.0500. The van der Waals surface area contributed by atoms with Gasteiger partial charge in [-0.25, -0.2) is 0 Å². The van der Waals surface area contributed by atoms with Crippen molar-refractivity contribution in [1.82, 2.24) is 0 Å². The molecule has 0 saturated carbocycles. The van der Waals surface area contributed by atoms with Gasteiger partial charge in [-0.15, -0.1) is 11.3 Å². The molecule has 4 heteroatoms. The number of para-hydroxylation sites is 1. The molecule has 0 saturated heterocycles. The van der Waals surface area contributed by atoms with E-state index < -0.39 is 0 Å². The van der Waals surface area contributed by atoms with Crippen LogP contribution in [0, 0.1) is 0 Å². The number of hydrogen-bond acceptors (Lipinski definition) is 4. The third-order valence-corrected chi connectivity index (χ3v) is 5.98. The maximum Gasteiger partial charge on any atom is 0.195 e. The molecule has 1 aromatic heterocycles. The first kappa shape index (κ1) is 15.2. The van der Waals surface area contributed by atoms with Gasteiger partial charge in [-0.2, -0.15) is 0 Å². The summed E-state index contributed by atoms with van der Waals surface area (Å²) in [5.41, 5.74) is 3.46. The quantitative estimate of drug-likeness (QED) is 0.435. The fourth-order valence-electron chi connectivity index (χ4n) is 2.73. The van der Waals surface area contributed by atoms with Gasteiger partial charge in [-0.05, 0) is 47.4 Å². The lowest BCUT2D eigenvalue weighted by molar-refractivity contribution is 0.105. The second-order valence-corrected chi connectivity index (χ2v) is 7.56. The maximum absolute atomic E-state index is 12.1. The van der Waals surface area contributed by atoms with Crippen LogP contribution in [0.4, 0.5) is 11.4 Å². The Kier molecular flexibility index (Phi) is 4.00. The minimum atomic E-state index is 0.0536. The molecule has 0 spiro atoms. The molecule has 118 valence electrons. The number of rotatable bonds is 3. The molecule has 2 heterocycles. The molecule has 1 aliphatic rings. The van der Waals surface area contributed by atoms with E-state index in [0.717, 1.165) is 10.4 Å². The maximum atomic E-state index is 12.1. The van der Waals surface area contributed by atoms with Gasteiger partial charge in [-0.3, -0.25) is 4.79 Å². The largest absolute Gasteiger partial charge is 0.343 e. The number of carbonyl (C=O) groups is 1. The zero-order valence-electron chi connectivity index (χ0n) is 13.1. The second-order valence-electron chi connectivity index (χ2n) is 5.53. The van der Waals surface area contributed by atoms with E-state index in [0.29, 0.717) is 0 Å². The summed E-state index contributed by atoms with van der Waals surface area (Å²) in [5, 5.41) is 1.92. The van der Waals surface area contributed by atoms with Crippen LogP contribution in [0.25, 0.3) is 6.08 Å². The molecule has 1 aliphatic heterocycles. The van der Waals surface area contributed by atoms with Crippen molar-refractivity contribution >= 4 is 46.3 Å². The van der Waals surface area contributed by atoms with Crippen molar-refractivity contribution in [2.45, 2.75) is 9.79 Å². The van der Waals surface area contributed by atoms with E-state index in [-0.39, 0.29) is 5.78 Å².